The Morgan fingerprint density at radius 3 is 2.48 bits per heavy atom. The molecule has 0 atom stereocenters. The fraction of sp³-hybridized carbons (Fsp3) is 0.769. The number of aromatic nitrogens is 2. The standard InChI is InChI=1S/C13H25N3O4S/c1-5-11(6-2)16(7-8-20-4)21(18,19)13-12(9-17)10(3)14-15-13/h11,17H,5-9H2,1-4H3,(H,14,15). The fourth-order valence-electron chi connectivity index (χ4n) is 2.32. The van der Waals surface area contributed by atoms with E-state index in [0.717, 1.165) is 0 Å². The van der Waals surface area contributed by atoms with Gasteiger partial charge in [0.15, 0.2) is 5.03 Å². The summed E-state index contributed by atoms with van der Waals surface area (Å²) in [5.41, 5.74) is 0.885. The summed E-state index contributed by atoms with van der Waals surface area (Å²) in [4.78, 5) is 0. The maximum Gasteiger partial charge on any atom is 0.263 e. The molecule has 0 aliphatic carbocycles. The highest BCUT2D eigenvalue weighted by atomic mass is 32.2. The summed E-state index contributed by atoms with van der Waals surface area (Å²) < 4.78 is 32.2. The van der Waals surface area contributed by atoms with Gasteiger partial charge in [-0.2, -0.15) is 9.40 Å². The molecule has 0 radical (unpaired) electrons. The molecule has 21 heavy (non-hydrogen) atoms. The van der Waals surface area contributed by atoms with Crippen LogP contribution in [0.1, 0.15) is 37.9 Å². The number of aromatic amines is 1. The SMILES string of the molecule is CCC(CC)N(CCOC)S(=O)(=O)c1n[nH]c(C)c1CO. The molecule has 8 heteroatoms. The van der Waals surface area contributed by atoms with Crippen molar-refractivity contribution >= 4 is 10.0 Å². The maximum absolute atomic E-state index is 12.9. The van der Waals surface area contributed by atoms with Gasteiger partial charge < -0.3 is 9.84 Å². The van der Waals surface area contributed by atoms with E-state index in [1.807, 2.05) is 13.8 Å². The molecule has 1 aromatic heterocycles. The number of aliphatic hydroxyl groups excluding tert-OH is 1. The average Bonchev–Trinajstić information content (AvgIpc) is 2.84. The number of aryl methyl sites for hydroxylation is 1. The smallest absolute Gasteiger partial charge is 0.263 e. The highest BCUT2D eigenvalue weighted by Crippen LogP contribution is 2.24. The minimum atomic E-state index is -3.77. The third kappa shape index (κ3) is 3.82. The number of rotatable bonds is 9. The first-order chi connectivity index (χ1) is 9.93. The van der Waals surface area contributed by atoms with Crippen molar-refractivity contribution in [2.75, 3.05) is 20.3 Å². The molecule has 2 N–H and O–H groups in total. The van der Waals surface area contributed by atoms with Crippen LogP contribution in [0.5, 0.6) is 0 Å². The number of nitrogens with zero attached hydrogens (tertiary/aromatic N) is 2. The molecule has 0 fully saturated rings. The first-order valence-corrected chi connectivity index (χ1v) is 8.53. The van der Waals surface area contributed by atoms with Crippen molar-refractivity contribution in [1.29, 1.82) is 0 Å². The zero-order valence-corrected chi connectivity index (χ0v) is 13.9. The summed E-state index contributed by atoms with van der Waals surface area (Å²) in [6, 6.07) is -0.117. The monoisotopic (exact) mass is 319 g/mol. The average molecular weight is 319 g/mol. The lowest BCUT2D eigenvalue weighted by molar-refractivity contribution is 0.163. The summed E-state index contributed by atoms with van der Waals surface area (Å²) in [7, 11) is -2.23. The van der Waals surface area contributed by atoms with Gasteiger partial charge in [0.2, 0.25) is 0 Å². The molecule has 1 rings (SSSR count). The van der Waals surface area contributed by atoms with E-state index >= 15 is 0 Å². The van der Waals surface area contributed by atoms with E-state index in [2.05, 4.69) is 10.2 Å². The lowest BCUT2D eigenvalue weighted by atomic mass is 10.2. The van der Waals surface area contributed by atoms with E-state index in [9.17, 15) is 13.5 Å². The summed E-state index contributed by atoms with van der Waals surface area (Å²) in [5, 5.41) is 15.8. The Labute approximate surface area is 126 Å². The van der Waals surface area contributed by atoms with E-state index in [1.165, 1.54) is 11.4 Å². The predicted octanol–water partition coefficient (Wildman–Crippen LogP) is 1.04. The molecule has 0 aliphatic heterocycles. The van der Waals surface area contributed by atoms with Crippen molar-refractivity contribution in [3.8, 4) is 0 Å². The Balaban J connectivity index is 3.25. The first kappa shape index (κ1) is 18.1. The van der Waals surface area contributed by atoms with Gasteiger partial charge in [0, 0.05) is 31.0 Å². The highest BCUT2D eigenvalue weighted by Gasteiger charge is 2.33. The Kier molecular flexibility index (Phi) is 6.79. The van der Waals surface area contributed by atoms with Crippen molar-refractivity contribution < 1.29 is 18.3 Å². The van der Waals surface area contributed by atoms with Crippen molar-refractivity contribution in [2.24, 2.45) is 0 Å². The van der Waals surface area contributed by atoms with Crippen LogP contribution < -0.4 is 0 Å². The maximum atomic E-state index is 12.9. The molecule has 0 saturated heterocycles. The second-order valence-corrected chi connectivity index (χ2v) is 6.68. The van der Waals surface area contributed by atoms with E-state index in [0.29, 0.717) is 30.7 Å². The van der Waals surface area contributed by atoms with Crippen molar-refractivity contribution in [3.63, 3.8) is 0 Å². The largest absolute Gasteiger partial charge is 0.392 e. The van der Waals surface area contributed by atoms with Gasteiger partial charge in [-0.05, 0) is 19.8 Å². The topological polar surface area (TPSA) is 95.5 Å². The second-order valence-electron chi connectivity index (χ2n) is 4.87. The molecule has 1 aromatic rings. The number of sulfonamides is 1. The van der Waals surface area contributed by atoms with Crippen LogP contribution in [0, 0.1) is 6.92 Å². The lowest BCUT2D eigenvalue weighted by Gasteiger charge is -2.28. The van der Waals surface area contributed by atoms with E-state index < -0.39 is 10.0 Å². The zero-order valence-electron chi connectivity index (χ0n) is 13.1. The molecule has 122 valence electrons. The zero-order chi connectivity index (χ0) is 16.0. The number of nitrogens with one attached hydrogen (secondary N) is 1. The molecule has 1 heterocycles. The van der Waals surface area contributed by atoms with E-state index in [4.69, 9.17) is 4.74 Å². The first-order valence-electron chi connectivity index (χ1n) is 7.09. The van der Waals surface area contributed by atoms with Gasteiger partial charge in [-0.3, -0.25) is 5.10 Å². The van der Waals surface area contributed by atoms with Gasteiger partial charge in [-0.15, -0.1) is 0 Å². The summed E-state index contributed by atoms with van der Waals surface area (Å²) in [5.74, 6) is 0. The Morgan fingerprint density at radius 2 is 2.00 bits per heavy atom. The number of aliphatic hydroxyl groups is 1. The normalized spacial score (nSPS) is 12.5. The molecule has 7 nitrogen and oxygen atoms in total. The molecule has 0 aliphatic rings. The van der Waals surface area contributed by atoms with Crippen LogP contribution in [-0.2, 0) is 21.4 Å². The van der Waals surface area contributed by atoms with Gasteiger partial charge in [-0.1, -0.05) is 13.8 Å². The van der Waals surface area contributed by atoms with Crippen LogP contribution in [0.25, 0.3) is 0 Å². The summed E-state index contributed by atoms with van der Waals surface area (Å²) >= 11 is 0. The number of methoxy groups -OCH3 is 1. The molecule has 0 aromatic carbocycles. The van der Waals surface area contributed by atoms with Gasteiger partial charge in [0.1, 0.15) is 0 Å². The van der Waals surface area contributed by atoms with E-state index in [1.54, 1.807) is 6.92 Å². The lowest BCUT2D eigenvalue weighted by Crippen LogP contribution is -2.42. The van der Waals surface area contributed by atoms with Crippen LogP contribution in [0.3, 0.4) is 0 Å². The Morgan fingerprint density at radius 1 is 1.38 bits per heavy atom. The van der Waals surface area contributed by atoms with Crippen molar-refractivity contribution in [1.82, 2.24) is 14.5 Å². The molecular formula is C13H25N3O4S. The van der Waals surface area contributed by atoms with Gasteiger partial charge in [0.25, 0.3) is 10.0 Å². The van der Waals surface area contributed by atoms with Gasteiger partial charge >= 0.3 is 0 Å². The molecule has 0 spiro atoms. The summed E-state index contributed by atoms with van der Waals surface area (Å²) in [6.07, 6.45) is 1.41. The Hall–Kier alpha value is -0.960. The van der Waals surface area contributed by atoms with Crippen LogP contribution >= 0.6 is 0 Å². The third-order valence-corrected chi connectivity index (χ3v) is 5.54. The highest BCUT2D eigenvalue weighted by molar-refractivity contribution is 7.89. The molecule has 0 unspecified atom stereocenters. The molecular weight excluding hydrogens is 294 g/mol. The van der Waals surface area contributed by atoms with Crippen molar-refractivity contribution in [3.05, 3.63) is 11.3 Å². The molecule has 0 saturated carbocycles. The van der Waals surface area contributed by atoms with Crippen molar-refractivity contribution in [2.45, 2.75) is 51.3 Å². The second kappa shape index (κ2) is 7.88. The fourth-order valence-corrected chi connectivity index (χ4v) is 4.23. The molecule has 0 amide bonds. The summed E-state index contributed by atoms with van der Waals surface area (Å²) in [6.45, 7) is 5.81. The third-order valence-electron chi connectivity index (χ3n) is 3.61. The quantitative estimate of drug-likeness (QED) is 0.709. The van der Waals surface area contributed by atoms with Crippen LogP contribution in [0.2, 0.25) is 0 Å². The number of hydrogen-bond donors (Lipinski definition) is 2. The number of ether oxygens (including phenoxy) is 1. The predicted molar refractivity (Wildman–Crippen MR) is 79.4 cm³/mol. The van der Waals surface area contributed by atoms with Gasteiger partial charge in [-0.25, -0.2) is 8.42 Å². The van der Waals surface area contributed by atoms with Crippen LogP contribution in [0.4, 0.5) is 0 Å². The van der Waals surface area contributed by atoms with Gasteiger partial charge in [0.05, 0.1) is 13.2 Å². The van der Waals surface area contributed by atoms with Crippen LogP contribution in [0.15, 0.2) is 5.03 Å². The van der Waals surface area contributed by atoms with E-state index in [-0.39, 0.29) is 24.2 Å². The minimum Gasteiger partial charge on any atom is -0.392 e. The van der Waals surface area contributed by atoms with Crippen LogP contribution in [-0.4, -0.2) is 54.3 Å². The number of hydrogen-bond acceptors (Lipinski definition) is 5. The minimum absolute atomic E-state index is 0.0921. The number of H-pyrrole nitrogens is 1. The molecule has 0 bridgehead atoms. The Bertz CT molecular complexity index is 538.